The van der Waals surface area contributed by atoms with Crippen LogP contribution in [0.3, 0.4) is 0 Å². The molecule has 2 heteroatoms. The zero-order valence-corrected chi connectivity index (χ0v) is 10.5. The fraction of sp³-hybridized carbons (Fsp3) is 0.250. The molecule has 1 atom stereocenters. The van der Waals surface area contributed by atoms with E-state index in [2.05, 4.69) is 0 Å². The van der Waals surface area contributed by atoms with Crippen molar-refractivity contribution in [3.8, 4) is 0 Å². The van der Waals surface area contributed by atoms with Gasteiger partial charge >= 0.3 is 0 Å². The molecule has 0 aliphatic rings. The van der Waals surface area contributed by atoms with Crippen molar-refractivity contribution in [3.63, 3.8) is 0 Å². The maximum Gasteiger partial charge on any atom is 0.0689 e. The Balaban J connectivity index is 2.61. The summed E-state index contributed by atoms with van der Waals surface area (Å²) in [5.74, 6) is 0. The maximum absolute atomic E-state index is 10.2. The van der Waals surface area contributed by atoms with Crippen LogP contribution in [0.25, 0.3) is 0 Å². The van der Waals surface area contributed by atoms with E-state index in [1.54, 1.807) is 6.92 Å². The molecule has 0 bridgehead atoms. The summed E-state index contributed by atoms with van der Waals surface area (Å²) >= 11 is 0. The molecule has 0 aliphatic carbocycles. The third-order valence-corrected chi connectivity index (χ3v) is 3.54. The molecule has 94 valence electrons. The number of benzene rings is 2. The number of hydrogen-bond acceptors (Lipinski definition) is 2. The third-order valence-electron chi connectivity index (χ3n) is 3.54. The molecule has 2 nitrogen and oxygen atoms in total. The highest BCUT2D eigenvalue weighted by Crippen LogP contribution is 2.35. The quantitative estimate of drug-likeness (QED) is 0.864. The van der Waals surface area contributed by atoms with E-state index >= 15 is 0 Å². The molecule has 0 amide bonds. The van der Waals surface area contributed by atoms with Crippen LogP contribution in [-0.4, -0.2) is 22.9 Å². The van der Waals surface area contributed by atoms with E-state index in [-0.39, 0.29) is 6.61 Å². The molecule has 0 spiro atoms. The summed E-state index contributed by atoms with van der Waals surface area (Å²) in [7, 11) is 0. The van der Waals surface area contributed by atoms with Gasteiger partial charge in [0.1, 0.15) is 0 Å². The van der Waals surface area contributed by atoms with Crippen LogP contribution >= 0.6 is 0 Å². The summed E-state index contributed by atoms with van der Waals surface area (Å²) in [5, 5.41) is 20.1. The first kappa shape index (κ1) is 12.8. The van der Waals surface area contributed by atoms with Crippen LogP contribution in [0.5, 0.6) is 0 Å². The molecule has 18 heavy (non-hydrogen) atoms. The average molecular weight is 242 g/mol. The van der Waals surface area contributed by atoms with Gasteiger partial charge in [0.15, 0.2) is 0 Å². The zero-order valence-electron chi connectivity index (χ0n) is 10.5. The Kier molecular flexibility index (Phi) is 3.80. The van der Waals surface area contributed by atoms with Gasteiger partial charge in [-0.3, -0.25) is 0 Å². The Morgan fingerprint density at radius 1 is 0.889 bits per heavy atom. The van der Waals surface area contributed by atoms with Crippen molar-refractivity contribution in [2.45, 2.75) is 18.4 Å². The van der Waals surface area contributed by atoms with Gasteiger partial charge in [0, 0.05) is 0 Å². The molecular weight excluding hydrogens is 224 g/mol. The predicted octanol–water partition coefficient (Wildman–Crippen LogP) is 2.35. The highest BCUT2D eigenvalue weighted by Gasteiger charge is 2.38. The normalized spacial score (nSPS) is 13.3. The fourth-order valence-corrected chi connectivity index (χ4v) is 2.43. The summed E-state index contributed by atoms with van der Waals surface area (Å²) in [6, 6.07) is 19.3. The van der Waals surface area contributed by atoms with Crippen LogP contribution in [0, 0.1) is 0 Å². The van der Waals surface area contributed by atoms with Gasteiger partial charge in [0.2, 0.25) is 0 Å². The molecule has 2 aromatic rings. The molecule has 0 radical (unpaired) electrons. The summed E-state index contributed by atoms with van der Waals surface area (Å²) < 4.78 is 0. The van der Waals surface area contributed by atoms with Gasteiger partial charge in [-0.2, -0.15) is 0 Å². The van der Waals surface area contributed by atoms with E-state index in [0.717, 1.165) is 11.1 Å². The number of aliphatic hydroxyl groups is 2. The molecule has 2 rings (SSSR count). The minimum absolute atomic E-state index is 0.126. The molecule has 0 fully saturated rings. The monoisotopic (exact) mass is 242 g/mol. The van der Waals surface area contributed by atoms with Crippen LogP contribution < -0.4 is 0 Å². The first-order valence-corrected chi connectivity index (χ1v) is 6.12. The minimum Gasteiger partial charge on any atom is -0.395 e. The van der Waals surface area contributed by atoms with Crippen LogP contribution in [0.1, 0.15) is 18.1 Å². The molecule has 2 N–H and O–H groups in total. The second-order valence-corrected chi connectivity index (χ2v) is 4.54. The topological polar surface area (TPSA) is 40.5 Å². The van der Waals surface area contributed by atoms with Gasteiger partial charge in [-0.05, 0) is 18.1 Å². The molecule has 0 unspecified atom stereocenters. The van der Waals surface area contributed by atoms with Crippen LogP contribution in [0.4, 0.5) is 0 Å². The van der Waals surface area contributed by atoms with E-state index in [0.29, 0.717) is 0 Å². The lowest BCUT2D eigenvalue weighted by molar-refractivity contribution is 0.0743. The Morgan fingerprint density at radius 3 is 1.56 bits per heavy atom. The standard InChI is InChI=1S/C16H18O2/c1-13(18)16(12-17,14-8-4-2-5-9-14)15-10-6-3-7-11-15/h2-11,13,17-18H,12H2,1H3/t13-/m1/s1. The first-order chi connectivity index (χ1) is 8.71. The lowest BCUT2D eigenvalue weighted by Crippen LogP contribution is -2.42. The number of rotatable bonds is 4. The Labute approximate surface area is 108 Å². The summed E-state index contributed by atoms with van der Waals surface area (Å²) in [5.41, 5.74) is 1.09. The second kappa shape index (κ2) is 5.34. The predicted molar refractivity (Wildman–Crippen MR) is 72.4 cm³/mol. The largest absolute Gasteiger partial charge is 0.395 e. The summed E-state index contributed by atoms with van der Waals surface area (Å²) in [4.78, 5) is 0. The molecule has 2 aromatic carbocycles. The van der Waals surface area contributed by atoms with Gasteiger partial charge in [-0.1, -0.05) is 60.7 Å². The Hall–Kier alpha value is -1.64. The van der Waals surface area contributed by atoms with E-state index < -0.39 is 11.5 Å². The first-order valence-electron chi connectivity index (χ1n) is 6.12. The number of hydrogen-bond donors (Lipinski definition) is 2. The summed E-state index contributed by atoms with van der Waals surface area (Å²) in [6.07, 6.45) is -0.674. The lowest BCUT2D eigenvalue weighted by Gasteiger charge is -2.36. The highest BCUT2D eigenvalue weighted by molar-refractivity contribution is 5.41. The summed E-state index contributed by atoms with van der Waals surface area (Å²) in [6.45, 7) is 1.59. The van der Waals surface area contributed by atoms with Gasteiger partial charge < -0.3 is 10.2 Å². The Bertz CT molecular complexity index is 437. The SMILES string of the molecule is C[C@@H](O)C(CO)(c1ccccc1)c1ccccc1. The van der Waals surface area contributed by atoms with Crippen molar-refractivity contribution in [1.82, 2.24) is 0 Å². The zero-order chi connectivity index (χ0) is 13.0. The van der Waals surface area contributed by atoms with E-state index in [1.807, 2.05) is 60.7 Å². The van der Waals surface area contributed by atoms with E-state index in [9.17, 15) is 10.2 Å². The lowest BCUT2D eigenvalue weighted by atomic mass is 9.71. The average Bonchev–Trinajstić information content (AvgIpc) is 2.42. The number of aliphatic hydroxyl groups excluding tert-OH is 2. The molecule has 0 saturated carbocycles. The van der Waals surface area contributed by atoms with Crippen molar-refractivity contribution in [2.24, 2.45) is 0 Å². The van der Waals surface area contributed by atoms with Gasteiger partial charge in [0.05, 0.1) is 18.1 Å². The second-order valence-electron chi connectivity index (χ2n) is 4.54. The fourth-order valence-electron chi connectivity index (χ4n) is 2.43. The molecular formula is C16H18O2. The highest BCUT2D eigenvalue weighted by atomic mass is 16.3. The van der Waals surface area contributed by atoms with Crippen molar-refractivity contribution in [1.29, 1.82) is 0 Å². The van der Waals surface area contributed by atoms with Crippen molar-refractivity contribution >= 4 is 0 Å². The molecule has 0 heterocycles. The van der Waals surface area contributed by atoms with Crippen molar-refractivity contribution < 1.29 is 10.2 Å². The van der Waals surface area contributed by atoms with Gasteiger partial charge in [0.25, 0.3) is 0 Å². The third kappa shape index (κ3) is 2.05. The molecule has 0 aromatic heterocycles. The van der Waals surface area contributed by atoms with E-state index in [4.69, 9.17) is 0 Å². The van der Waals surface area contributed by atoms with Gasteiger partial charge in [-0.15, -0.1) is 0 Å². The van der Waals surface area contributed by atoms with Gasteiger partial charge in [-0.25, -0.2) is 0 Å². The van der Waals surface area contributed by atoms with Crippen LogP contribution in [0.2, 0.25) is 0 Å². The van der Waals surface area contributed by atoms with Crippen LogP contribution in [-0.2, 0) is 5.41 Å². The maximum atomic E-state index is 10.2. The smallest absolute Gasteiger partial charge is 0.0689 e. The van der Waals surface area contributed by atoms with Crippen molar-refractivity contribution in [2.75, 3.05) is 6.61 Å². The van der Waals surface area contributed by atoms with Crippen molar-refractivity contribution in [3.05, 3.63) is 71.8 Å². The Morgan fingerprint density at radius 2 is 1.28 bits per heavy atom. The molecule has 0 saturated heterocycles. The van der Waals surface area contributed by atoms with E-state index in [1.165, 1.54) is 0 Å². The minimum atomic E-state index is -0.761. The van der Waals surface area contributed by atoms with Crippen LogP contribution in [0.15, 0.2) is 60.7 Å². The molecule has 0 aliphatic heterocycles.